The molecule has 2 fully saturated rings. The van der Waals surface area contributed by atoms with Gasteiger partial charge in [0.05, 0.1) is 11.8 Å². The lowest BCUT2D eigenvalue weighted by Gasteiger charge is -2.33. The summed E-state index contributed by atoms with van der Waals surface area (Å²) < 4.78 is 6.60. The Morgan fingerprint density at radius 2 is 2.08 bits per heavy atom. The van der Waals surface area contributed by atoms with E-state index in [1.165, 1.54) is 4.70 Å². The third-order valence-electron chi connectivity index (χ3n) is 5.31. The highest BCUT2D eigenvalue weighted by atomic mass is 32.1. The molecule has 0 unspecified atom stereocenters. The highest BCUT2D eigenvalue weighted by molar-refractivity contribution is 7.22. The first kappa shape index (κ1) is 16.6. The lowest BCUT2D eigenvalue weighted by molar-refractivity contribution is -0.131. The van der Waals surface area contributed by atoms with Crippen LogP contribution in [0.5, 0.6) is 5.75 Å². The lowest BCUT2D eigenvalue weighted by atomic mass is 9.96. The van der Waals surface area contributed by atoms with Gasteiger partial charge in [-0.2, -0.15) is 0 Å². The van der Waals surface area contributed by atoms with Crippen molar-refractivity contribution in [2.75, 3.05) is 38.7 Å². The monoisotopic (exact) mass is 359 g/mol. The van der Waals surface area contributed by atoms with Crippen molar-refractivity contribution in [1.29, 1.82) is 0 Å². The molecule has 0 atom stereocenters. The predicted octanol–water partition coefficient (Wildman–Crippen LogP) is 3.39. The molecule has 25 heavy (non-hydrogen) atoms. The fourth-order valence-corrected chi connectivity index (χ4v) is 4.67. The summed E-state index contributed by atoms with van der Waals surface area (Å²) in [6, 6.07) is 6.08. The number of ether oxygens (including phenoxy) is 1. The van der Waals surface area contributed by atoms with Crippen LogP contribution in [0.2, 0.25) is 0 Å². The van der Waals surface area contributed by atoms with Gasteiger partial charge in [-0.3, -0.25) is 4.79 Å². The van der Waals surface area contributed by atoms with Crippen LogP contribution in [0.4, 0.5) is 5.13 Å². The van der Waals surface area contributed by atoms with Crippen molar-refractivity contribution in [2.24, 2.45) is 11.8 Å². The summed E-state index contributed by atoms with van der Waals surface area (Å²) >= 11 is 1.74. The molecule has 6 heteroatoms. The Morgan fingerprint density at radius 3 is 2.76 bits per heavy atom. The zero-order valence-electron chi connectivity index (χ0n) is 14.9. The number of anilines is 1. The fourth-order valence-electron chi connectivity index (χ4n) is 3.64. The topological polar surface area (TPSA) is 45.7 Å². The van der Waals surface area contributed by atoms with Gasteiger partial charge < -0.3 is 14.5 Å². The van der Waals surface area contributed by atoms with Crippen molar-refractivity contribution >= 4 is 32.6 Å². The minimum absolute atomic E-state index is 0.322. The fraction of sp³-hybridized carbons (Fsp3) is 0.579. The minimum Gasteiger partial charge on any atom is -0.494 e. The summed E-state index contributed by atoms with van der Waals surface area (Å²) in [5.74, 6) is 2.12. The summed E-state index contributed by atoms with van der Waals surface area (Å²) in [5, 5.41) is 1.08. The predicted molar refractivity (Wildman–Crippen MR) is 101 cm³/mol. The molecule has 2 heterocycles. The lowest BCUT2D eigenvalue weighted by Crippen LogP contribution is -2.39. The third kappa shape index (κ3) is 3.45. The van der Waals surface area contributed by atoms with Crippen LogP contribution in [-0.2, 0) is 4.79 Å². The standard InChI is InChI=1S/C19H25N3O2S/c1-21(18(23)14-6-7-14)12-13-8-10-22(11-9-13)19-20-17-15(24-2)4-3-5-16(17)25-19/h3-5,13-14H,6-12H2,1-2H3. The maximum atomic E-state index is 12.1. The number of methoxy groups -OCH3 is 1. The molecule has 1 aromatic heterocycles. The van der Waals surface area contributed by atoms with E-state index in [1.54, 1.807) is 18.4 Å². The number of piperidine rings is 1. The first-order valence-electron chi connectivity index (χ1n) is 9.09. The zero-order valence-corrected chi connectivity index (χ0v) is 15.7. The number of aromatic nitrogens is 1. The molecule has 4 rings (SSSR count). The number of fused-ring (bicyclic) bond motifs is 1. The van der Waals surface area contributed by atoms with Gasteiger partial charge >= 0.3 is 0 Å². The van der Waals surface area contributed by atoms with E-state index in [4.69, 9.17) is 9.72 Å². The van der Waals surface area contributed by atoms with E-state index in [2.05, 4.69) is 11.0 Å². The molecule has 0 spiro atoms. The summed E-state index contributed by atoms with van der Waals surface area (Å²) in [6.07, 6.45) is 4.41. The minimum atomic E-state index is 0.322. The maximum absolute atomic E-state index is 12.1. The Labute approximate surface area is 152 Å². The number of hydrogen-bond acceptors (Lipinski definition) is 5. The second-order valence-electron chi connectivity index (χ2n) is 7.23. The van der Waals surface area contributed by atoms with Crippen LogP contribution in [0.1, 0.15) is 25.7 Å². The van der Waals surface area contributed by atoms with E-state index in [0.29, 0.717) is 17.7 Å². The first-order chi connectivity index (χ1) is 12.2. The summed E-state index contributed by atoms with van der Waals surface area (Å²) in [6.45, 7) is 2.92. The van der Waals surface area contributed by atoms with Crippen LogP contribution < -0.4 is 9.64 Å². The van der Waals surface area contributed by atoms with Gasteiger partial charge in [-0.1, -0.05) is 17.4 Å². The highest BCUT2D eigenvalue weighted by Gasteiger charge is 2.33. The number of thiazole rings is 1. The van der Waals surface area contributed by atoms with Gasteiger partial charge in [-0.05, 0) is 43.7 Å². The van der Waals surface area contributed by atoms with E-state index in [1.807, 2.05) is 24.1 Å². The smallest absolute Gasteiger partial charge is 0.225 e. The normalized spacial score (nSPS) is 18.6. The first-order valence-corrected chi connectivity index (χ1v) is 9.91. The molecule has 0 radical (unpaired) electrons. The van der Waals surface area contributed by atoms with Crippen LogP contribution in [-0.4, -0.2) is 49.6 Å². The van der Waals surface area contributed by atoms with Crippen LogP contribution in [0.25, 0.3) is 10.2 Å². The molecule has 1 saturated heterocycles. The van der Waals surface area contributed by atoms with Gasteiger partial charge in [-0.15, -0.1) is 0 Å². The molecule has 0 N–H and O–H groups in total. The van der Waals surface area contributed by atoms with Crippen molar-refractivity contribution in [1.82, 2.24) is 9.88 Å². The van der Waals surface area contributed by atoms with Crippen molar-refractivity contribution in [3.63, 3.8) is 0 Å². The Bertz CT molecular complexity index is 763. The number of nitrogens with zero attached hydrogens (tertiary/aromatic N) is 3. The third-order valence-corrected chi connectivity index (χ3v) is 6.39. The van der Waals surface area contributed by atoms with Gasteiger partial charge in [0.2, 0.25) is 5.91 Å². The second-order valence-corrected chi connectivity index (χ2v) is 8.24. The number of hydrogen-bond donors (Lipinski definition) is 0. The van der Waals surface area contributed by atoms with E-state index < -0.39 is 0 Å². The maximum Gasteiger partial charge on any atom is 0.225 e. The molecule has 1 aromatic carbocycles. The molecule has 2 aliphatic rings. The molecular weight excluding hydrogens is 334 g/mol. The molecule has 1 aliphatic heterocycles. The Kier molecular flexibility index (Phi) is 4.54. The summed E-state index contributed by atoms with van der Waals surface area (Å²) in [4.78, 5) is 21.3. The number of rotatable bonds is 5. The van der Waals surface area contributed by atoms with E-state index in [-0.39, 0.29) is 0 Å². The number of carbonyl (C=O) groups excluding carboxylic acids is 1. The molecule has 1 saturated carbocycles. The SMILES string of the molecule is COc1cccc2sc(N3CCC(CN(C)C(=O)C4CC4)CC3)nc12. The number of para-hydroxylation sites is 1. The van der Waals surface area contributed by atoms with Crippen LogP contribution in [0, 0.1) is 11.8 Å². The number of benzene rings is 1. The van der Waals surface area contributed by atoms with Crippen molar-refractivity contribution < 1.29 is 9.53 Å². The Hall–Kier alpha value is -1.82. The molecular formula is C19H25N3O2S. The Morgan fingerprint density at radius 1 is 1.32 bits per heavy atom. The van der Waals surface area contributed by atoms with Crippen molar-refractivity contribution in [3.05, 3.63) is 18.2 Å². The summed E-state index contributed by atoms with van der Waals surface area (Å²) in [5.41, 5.74) is 0.960. The van der Waals surface area contributed by atoms with E-state index in [0.717, 1.165) is 61.7 Å². The number of amides is 1. The molecule has 5 nitrogen and oxygen atoms in total. The molecule has 1 aliphatic carbocycles. The largest absolute Gasteiger partial charge is 0.494 e. The Balaban J connectivity index is 1.37. The highest BCUT2D eigenvalue weighted by Crippen LogP contribution is 2.36. The average molecular weight is 359 g/mol. The van der Waals surface area contributed by atoms with E-state index in [9.17, 15) is 4.79 Å². The van der Waals surface area contributed by atoms with Crippen molar-refractivity contribution in [2.45, 2.75) is 25.7 Å². The van der Waals surface area contributed by atoms with Gasteiger partial charge in [-0.25, -0.2) is 4.98 Å². The van der Waals surface area contributed by atoms with E-state index >= 15 is 0 Å². The van der Waals surface area contributed by atoms with Crippen LogP contribution in [0.3, 0.4) is 0 Å². The van der Waals surface area contributed by atoms with Gasteiger partial charge in [0.25, 0.3) is 0 Å². The molecule has 134 valence electrons. The van der Waals surface area contributed by atoms with Gasteiger partial charge in [0.1, 0.15) is 11.3 Å². The van der Waals surface area contributed by atoms with Crippen molar-refractivity contribution in [3.8, 4) is 5.75 Å². The van der Waals surface area contributed by atoms with Crippen LogP contribution in [0.15, 0.2) is 18.2 Å². The number of carbonyl (C=O) groups is 1. The van der Waals surface area contributed by atoms with Gasteiger partial charge in [0, 0.05) is 32.6 Å². The molecule has 0 bridgehead atoms. The quantitative estimate of drug-likeness (QED) is 0.821. The van der Waals surface area contributed by atoms with Gasteiger partial charge in [0.15, 0.2) is 5.13 Å². The average Bonchev–Trinajstić information content (AvgIpc) is 3.39. The zero-order chi connectivity index (χ0) is 17.4. The summed E-state index contributed by atoms with van der Waals surface area (Å²) in [7, 11) is 3.66. The van der Waals surface area contributed by atoms with Crippen LogP contribution >= 0.6 is 11.3 Å². The second kappa shape index (κ2) is 6.83. The molecule has 1 amide bonds. The molecule has 2 aromatic rings.